The van der Waals surface area contributed by atoms with E-state index in [1.807, 2.05) is 0 Å². The normalized spacial score (nSPS) is 40.2. The van der Waals surface area contributed by atoms with Gasteiger partial charge in [0.05, 0.1) is 13.2 Å². The summed E-state index contributed by atoms with van der Waals surface area (Å²) in [5.74, 6) is 0. The zero-order valence-corrected chi connectivity index (χ0v) is 21.7. The molecule has 0 aliphatic carbocycles. The Kier molecular flexibility index (Phi) is 11.8. The van der Waals surface area contributed by atoms with Gasteiger partial charge in [0.1, 0.15) is 48.2 Å². The van der Waals surface area contributed by atoms with Gasteiger partial charge in [0.15, 0.2) is 12.5 Å². The molecular formula is C18H25FNaO12PS. The molecule has 0 radical (unpaired) electrons. The second kappa shape index (κ2) is 13.2. The van der Waals surface area contributed by atoms with Gasteiger partial charge in [0.25, 0.3) is 7.82 Å². The zero-order valence-electron chi connectivity index (χ0n) is 17.9. The summed E-state index contributed by atoms with van der Waals surface area (Å²) in [6.45, 7) is -1.71. The van der Waals surface area contributed by atoms with Crippen molar-refractivity contribution in [3.05, 3.63) is 30.3 Å². The minimum absolute atomic E-state index is 0. The fraction of sp³-hybridized carbons (Fsp3) is 0.667. The van der Waals surface area contributed by atoms with Gasteiger partial charge in [-0.1, -0.05) is 30.0 Å². The van der Waals surface area contributed by atoms with Crippen LogP contribution in [-0.4, -0.2) is 104 Å². The average molecular weight is 538 g/mol. The fourth-order valence-electron chi connectivity index (χ4n) is 3.24. The second-order valence-corrected chi connectivity index (χ2v) is 9.98. The number of alkyl halides is 1. The van der Waals surface area contributed by atoms with Crippen molar-refractivity contribution in [2.24, 2.45) is 0 Å². The molecule has 1 aromatic carbocycles. The molecule has 2 heterocycles. The number of phosphoric acid groups is 1. The molecule has 2 saturated heterocycles. The van der Waals surface area contributed by atoms with Crippen LogP contribution in [0.2, 0.25) is 0 Å². The molecular weight excluding hydrogens is 513 g/mol. The molecule has 11 atom stereocenters. The van der Waals surface area contributed by atoms with Gasteiger partial charge in [-0.15, -0.1) is 0 Å². The summed E-state index contributed by atoms with van der Waals surface area (Å²) in [7, 11) is -5.33. The summed E-state index contributed by atoms with van der Waals surface area (Å²) in [5, 5.41) is 58.8. The van der Waals surface area contributed by atoms with E-state index in [4.69, 9.17) is 14.6 Å². The predicted octanol–water partition coefficient (Wildman–Crippen LogP) is -5.13. The van der Waals surface area contributed by atoms with E-state index in [9.17, 15) is 39.4 Å². The Morgan fingerprint density at radius 1 is 0.971 bits per heavy atom. The Labute approximate surface area is 220 Å². The van der Waals surface area contributed by atoms with Crippen molar-refractivity contribution in [3.63, 3.8) is 0 Å². The quantitative estimate of drug-likeness (QED) is 0.136. The SMILES string of the molecule is O=P([O-])(OC[C@H]1O[C@H](Sc2ccccc2)[C@@H](O)[C@@H](O)[C@@H]1O)O[C@H]1O[C@H](CO)[C@@H](O)[C@H](O)[C@@H]1F.[Na+]. The minimum atomic E-state index is -5.33. The van der Waals surface area contributed by atoms with Crippen LogP contribution in [0.1, 0.15) is 0 Å². The number of thioether (sulfide) groups is 1. The Balaban J connectivity index is 0.00000408. The number of hydrogen-bond donors (Lipinski definition) is 6. The van der Waals surface area contributed by atoms with Gasteiger partial charge in [-0.2, -0.15) is 0 Å². The average Bonchev–Trinajstić information content (AvgIpc) is 2.79. The number of aliphatic hydroxyl groups is 6. The van der Waals surface area contributed by atoms with Crippen molar-refractivity contribution in [2.75, 3.05) is 13.2 Å². The zero-order chi connectivity index (χ0) is 24.3. The van der Waals surface area contributed by atoms with Crippen LogP contribution >= 0.6 is 19.6 Å². The smallest absolute Gasteiger partial charge is 0.756 e. The summed E-state index contributed by atoms with van der Waals surface area (Å²) in [6, 6.07) is 8.66. The number of ether oxygens (including phenoxy) is 2. The van der Waals surface area contributed by atoms with Crippen LogP contribution < -0.4 is 34.5 Å². The van der Waals surface area contributed by atoms with Crippen LogP contribution in [0.25, 0.3) is 0 Å². The molecule has 0 bridgehead atoms. The van der Waals surface area contributed by atoms with Gasteiger partial charge in [-0.25, -0.2) is 4.39 Å². The molecule has 2 fully saturated rings. The van der Waals surface area contributed by atoms with Crippen molar-refractivity contribution in [1.82, 2.24) is 0 Å². The van der Waals surface area contributed by atoms with Crippen molar-refractivity contribution >= 4 is 19.6 Å². The van der Waals surface area contributed by atoms with Gasteiger partial charge in [-0.05, 0) is 12.1 Å². The third-order valence-corrected chi connectivity index (χ3v) is 7.20. The van der Waals surface area contributed by atoms with Crippen LogP contribution in [0.5, 0.6) is 0 Å². The summed E-state index contributed by atoms with van der Waals surface area (Å²) >= 11 is 1.03. The summed E-state index contributed by atoms with van der Waals surface area (Å²) in [6.07, 6.45) is -16.4. The van der Waals surface area contributed by atoms with E-state index in [1.54, 1.807) is 30.3 Å². The topological polar surface area (TPSA) is 198 Å². The summed E-state index contributed by atoms with van der Waals surface area (Å²) in [4.78, 5) is 12.8. The van der Waals surface area contributed by atoms with E-state index < -0.39 is 81.7 Å². The maximum absolute atomic E-state index is 14.2. The van der Waals surface area contributed by atoms with Gasteiger partial charge in [0.2, 0.25) is 0 Å². The molecule has 2 aliphatic rings. The van der Waals surface area contributed by atoms with E-state index in [1.165, 1.54) is 0 Å². The van der Waals surface area contributed by atoms with Crippen molar-refractivity contribution in [3.8, 4) is 0 Å². The molecule has 3 rings (SSSR count). The Morgan fingerprint density at radius 2 is 1.59 bits per heavy atom. The molecule has 1 unspecified atom stereocenters. The number of rotatable bonds is 8. The summed E-state index contributed by atoms with van der Waals surface area (Å²) < 4.78 is 45.8. The predicted molar refractivity (Wildman–Crippen MR) is 106 cm³/mol. The molecule has 0 spiro atoms. The standard InChI is InChI=1S/C18H26FO12PS.Na/c19-11-14(23)12(21)9(6-20)29-17(11)31-32(26,27)28-7-10-13(22)15(24)16(25)18(30-10)33-8-4-2-1-3-5-8;/h1-5,9-18,20-25H,6-7H2,(H,26,27);/q;+1/p-1/t9-,10-,11+,12-,13-,14-,15+,16+,17-,18-;/m1./s1. The Hall–Kier alpha value is 0.290. The monoisotopic (exact) mass is 538 g/mol. The molecule has 0 amide bonds. The second-order valence-electron chi connectivity index (χ2n) is 7.45. The van der Waals surface area contributed by atoms with Gasteiger partial charge >= 0.3 is 29.6 Å². The van der Waals surface area contributed by atoms with E-state index in [-0.39, 0.29) is 29.6 Å². The first kappa shape index (κ1) is 30.5. The molecule has 188 valence electrons. The maximum Gasteiger partial charge on any atom is 1.00 e. The summed E-state index contributed by atoms with van der Waals surface area (Å²) in [5.41, 5.74) is -1.08. The van der Waals surface area contributed by atoms with Crippen LogP contribution in [0, 0.1) is 0 Å². The first-order chi connectivity index (χ1) is 15.5. The Bertz CT molecular complexity index is 812. The van der Waals surface area contributed by atoms with Gasteiger partial charge in [-0.3, -0.25) is 9.09 Å². The molecule has 0 saturated carbocycles. The molecule has 16 heteroatoms. The van der Waals surface area contributed by atoms with Crippen LogP contribution in [0.15, 0.2) is 35.2 Å². The molecule has 6 N–H and O–H groups in total. The fourth-order valence-corrected chi connectivity index (χ4v) is 5.13. The molecule has 0 aromatic heterocycles. The third kappa shape index (κ3) is 7.42. The van der Waals surface area contributed by atoms with E-state index in [2.05, 4.69) is 9.05 Å². The van der Waals surface area contributed by atoms with Crippen LogP contribution in [0.4, 0.5) is 4.39 Å². The van der Waals surface area contributed by atoms with Crippen LogP contribution in [-0.2, 0) is 23.1 Å². The molecule has 12 nitrogen and oxygen atoms in total. The van der Waals surface area contributed by atoms with Crippen molar-refractivity contribution in [1.29, 1.82) is 0 Å². The van der Waals surface area contributed by atoms with E-state index >= 15 is 0 Å². The first-order valence-electron chi connectivity index (χ1n) is 9.86. The van der Waals surface area contributed by atoms with E-state index in [0.717, 1.165) is 11.8 Å². The van der Waals surface area contributed by atoms with Gasteiger partial charge in [0, 0.05) is 4.90 Å². The number of phosphoric ester groups is 1. The Morgan fingerprint density at radius 3 is 2.21 bits per heavy atom. The van der Waals surface area contributed by atoms with E-state index in [0.29, 0.717) is 4.90 Å². The van der Waals surface area contributed by atoms with Crippen LogP contribution in [0.3, 0.4) is 0 Å². The molecule has 1 aromatic rings. The number of benzene rings is 1. The molecule has 2 aliphatic heterocycles. The number of halogens is 1. The largest absolute Gasteiger partial charge is 1.00 e. The maximum atomic E-state index is 14.2. The minimum Gasteiger partial charge on any atom is -0.756 e. The van der Waals surface area contributed by atoms with Gasteiger partial charge < -0.3 is 49.5 Å². The number of aliphatic hydroxyl groups excluding tert-OH is 6. The molecule has 34 heavy (non-hydrogen) atoms. The van der Waals surface area contributed by atoms with Crippen molar-refractivity contribution < 1.29 is 92.6 Å². The first-order valence-corrected chi connectivity index (χ1v) is 12.2. The van der Waals surface area contributed by atoms with Crippen molar-refractivity contribution in [2.45, 2.75) is 65.5 Å². The third-order valence-electron chi connectivity index (χ3n) is 5.10. The number of hydrogen-bond acceptors (Lipinski definition) is 13.